The van der Waals surface area contributed by atoms with Gasteiger partial charge >= 0.3 is 0 Å². The first-order valence-electron chi connectivity index (χ1n) is 8.39. The van der Waals surface area contributed by atoms with Gasteiger partial charge in [0.15, 0.2) is 5.82 Å². The quantitative estimate of drug-likeness (QED) is 0.894. The van der Waals surface area contributed by atoms with Crippen molar-refractivity contribution in [1.29, 1.82) is 0 Å². The van der Waals surface area contributed by atoms with Gasteiger partial charge in [-0.25, -0.2) is 4.98 Å². The number of ether oxygens (including phenoxy) is 1. The minimum absolute atomic E-state index is 0.102. The molecule has 2 aliphatic rings. The third-order valence-electron chi connectivity index (χ3n) is 4.62. The average Bonchev–Trinajstić information content (AvgIpc) is 3.15. The van der Waals surface area contributed by atoms with Gasteiger partial charge in [0.2, 0.25) is 11.8 Å². The third-order valence-corrected chi connectivity index (χ3v) is 4.62. The van der Waals surface area contributed by atoms with E-state index in [1.165, 1.54) is 19.3 Å². The van der Waals surface area contributed by atoms with Crippen molar-refractivity contribution in [3.05, 3.63) is 23.4 Å². The second kappa shape index (κ2) is 6.37. The molecule has 0 aromatic carbocycles. The van der Waals surface area contributed by atoms with Crippen LogP contribution in [0.2, 0.25) is 0 Å². The molecule has 2 fully saturated rings. The monoisotopic (exact) mass is 318 g/mol. The molecular formula is C15H22N6O2. The summed E-state index contributed by atoms with van der Waals surface area (Å²) >= 11 is 0. The first-order chi connectivity index (χ1) is 11.3. The number of hydrogen-bond acceptors (Lipinski definition) is 7. The highest BCUT2D eigenvalue weighted by Gasteiger charge is 2.28. The van der Waals surface area contributed by atoms with Crippen molar-refractivity contribution >= 4 is 0 Å². The Bertz CT molecular complexity index is 650. The van der Waals surface area contributed by atoms with Gasteiger partial charge in [-0.05, 0) is 12.8 Å². The standard InChI is InChI=1S/C15H22N6O2/c1-2-12-16-14(19-17-12)11-8-21(6-7-22-11)9-13-18-20-15(23-13)10-4-3-5-10/h10-11H,2-9H2,1H3,(H,16,17,19)/t11-/m0/s1. The lowest BCUT2D eigenvalue weighted by atomic mass is 9.85. The Morgan fingerprint density at radius 3 is 2.96 bits per heavy atom. The summed E-state index contributed by atoms with van der Waals surface area (Å²) in [4.78, 5) is 6.73. The molecular weight excluding hydrogens is 296 g/mol. The van der Waals surface area contributed by atoms with E-state index in [0.29, 0.717) is 25.0 Å². The number of H-pyrrole nitrogens is 1. The molecule has 8 nitrogen and oxygen atoms in total. The molecule has 8 heteroatoms. The third kappa shape index (κ3) is 3.13. The van der Waals surface area contributed by atoms with E-state index in [-0.39, 0.29) is 6.10 Å². The number of aromatic nitrogens is 5. The Morgan fingerprint density at radius 1 is 1.30 bits per heavy atom. The molecule has 124 valence electrons. The van der Waals surface area contributed by atoms with Crippen LogP contribution in [-0.4, -0.2) is 50.0 Å². The fourth-order valence-electron chi connectivity index (χ4n) is 2.96. The molecule has 2 aromatic rings. The van der Waals surface area contributed by atoms with E-state index in [0.717, 1.165) is 37.0 Å². The zero-order valence-electron chi connectivity index (χ0n) is 13.4. The molecule has 0 unspecified atom stereocenters. The molecule has 1 saturated carbocycles. The summed E-state index contributed by atoms with van der Waals surface area (Å²) < 4.78 is 11.6. The van der Waals surface area contributed by atoms with E-state index in [1.807, 2.05) is 6.92 Å². The summed E-state index contributed by atoms with van der Waals surface area (Å²) in [5, 5.41) is 15.6. The summed E-state index contributed by atoms with van der Waals surface area (Å²) in [6.07, 6.45) is 4.35. The Morgan fingerprint density at radius 2 is 2.22 bits per heavy atom. The lowest BCUT2D eigenvalue weighted by Gasteiger charge is -2.30. The predicted molar refractivity (Wildman–Crippen MR) is 80.6 cm³/mol. The van der Waals surface area contributed by atoms with E-state index in [2.05, 4.69) is 30.3 Å². The van der Waals surface area contributed by atoms with Crippen LogP contribution in [0.3, 0.4) is 0 Å². The topological polar surface area (TPSA) is 93.0 Å². The summed E-state index contributed by atoms with van der Waals surface area (Å²) in [7, 11) is 0. The lowest BCUT2D eigenvalue weighted by molar-refractivity contribution is -0.0393. The summed E-state index contributed by atoms with van der Waals surface area (Å²) in [5.41, 5.74) is 0. The van der Waals surface area contributed by atoms with Crippen LogP contribution >= 0.6 is 0 Å². The lowest BCUT2D eigenvalue weighted by Crippen LogP contribution is -2.38. The van der Waals surface area contributed by atoms with E-state index < -0.39 is 0 Å². The SMILES string of the molecule is CCc1nc([C@@H]2CN(Cc3nnc(C4CCC4)o3)CCO2)n[nH]1. The normalized spacial score (nSPS) is 23.1. The van der Waals surface area contributed by atoms with Crippen LogP contribution in [0.5, 0.6) is 0 Å². The Balaban J connectivity index is 1.38. The molecule has 1 aliphatic heterocycles. The summed E-state index contributed by atoms with van der Waals surface area (Å²) in [6, 6.07) is 0. The van der Waals surface area contributed by atoms with Crippen LogP contribution < -0.4 is 0 Å². The molecule has 0 bridgehead atoms. The van der Waals surface area contributed by atoms with Gasteiger partial charge < -0.3 is 9.15 Å². The maximum Gasteiger partial charge on any atom is 0.230 e. The van der Waals surface area contributed by atoms with Crippen molar-refractivity contribution in [1.82, 2.24) is 30.3 Å². The van der Waals surface area contributed by atoms with Gasteiger partial charge in [-0.3, -0.25) is 10.00 Å². The molecule has 23 heavy (non-hydrogen) atoms. The van der Waals surface area contributed by atoms with Crippen molar-refractivity contribution in [3.8, 4) is 0 Å². The highest BCUT2D eigenvalue weighted by Crippen LogP contribution is 2.35. The minimum Gasteiger partial charge on any atom is -0.424 e. The largest absolute Gasteiger partial charge is 0.424 e. The van der Waals surface area contributed by atoms with Gasteiger partial charge in [0.1, 0.15) is 11.9 Å². The number of hydrogen-bond donors (Lipinski definition) is 1. The average molecular weight is 318 g/mol. The highest BCUT2D eigenvalue weighted by atomic mass is 16.5. The van der Waals surface area contributed by atoms with Crippen molar-refractivity contribution in [3.63, 3.8) is 0 Å². The van der Waals surface area contributed by atoms with Crippen molar-refractivity contribution < 1.29 is 9.15 Å². The van der Waals surface area contributed by atoms with Crippen molar-refractivity contribution in [2.24, 2.45) is 0 Å². The molecule has 0 spiro atoms. The van der Waals surface area contributed by atoms with E-state index in [1.54, 1.807) is 0 Å². The van der Waals surface area contributed by atoms with E-state index in [9.17, 15) is 0 Å². The molecule has 1 aliphatic carbocycles. The van der Waals surface area contributed by atoms with Crippen LogP contribution in [0.15, 0.2) is 4.42 Å². The van der Waals surface area contributed by atoms with Crippen LogP contribution in [-0.2, 0) is 17.7 Å². The number of rotatable bonds is 5. The summed E-state index contributed by atoms with van der Waals surface area (Å²) in [6.45, 7) is 4.95. The first-order valence-corrected chi connectivity index (χ1v) is 8.39. The molecule has 4 rings (SSSR count). The molecule has 1 N–H and O–H groups in total. The number of aromatic amines is 1. The smallest absolute Gasteiger partial charge is 0.230 e. The number of nitrogens with one attached hydrogen (secondary N) is 1. The molecule has 3 heterocycles. The fraction of sp³-hybridized carbons (Fsp3) is 0.733. The maximum absolute atomic E-state index is 5.81. The van der Waals surface area contributed by atoms with Crippen LogP contribution in [0, 0.1) is 0 Å². The maximum atomic E-state index is 5.81. The van der Waals surface area contributed by atoms with Gasteiger partial charge in [0.05, 0.1) is 13.2 Å². The van der Waals surface area contributed by atoms with Crippen LogP contribution in [0.4, 0.5) is 0 Å². The van der Waals surface area contributed by atoms with Gasteiger partial charge in [-0.2, -0.15) is 5.10 Å². The molecule has 0 radical (unpaired) electrons. The second-order valence-corrected chi connectivity index (χ2v) is 6.25. The first kappa shape index (κ1) is 14.8. The molecule has 1 atom stereocenters. The van der Waals surface area contributed by atoms with Crippen molar-refractivity contribution in [2.45, 2.75) is 51.2 Å². The van der Waals surface area contributed by atoms with Gasteiger partial charge in [-0.15, -0.1) is 10.2 Å². The molecule has 0 amide bonds. The number of aryl methyl sites for hydroxylation is 1. The van der Waals surface area contributed by atoms with Crippen LogP contribution in [0.1, 0.15) is 61.6 Å². The minimum atomic E-state index is -0.102. The van der Waals surface area contributed by atoms with Gasteiger partial charge in [0, 0.05) is 25.4 Å². The summed E-state index contributed by atoms with van der Waals surface area (Å²) in [5.74, 6) is 3.60. The van der Waals surface area contributed by atoms with Gasteiger partial charge in [0.25, 0.3) is 0 Å². The van der Waals surface area contributed by atoms with Gasteiger partial charge in [-0.1, -0.05) is 13.3 Å². The Hall–Kier alpha value is -1.80. The Kier molecular flexibility index (Phi) is 4.09. The zero-order chi connectivity index (χ0) is 15.6. The van der Waals surface area contributed by atoms with Crippen molar-refractivity contribution in [2.75, 3.05) is 19.7 Å². The second-order valence-electron chi connectivity index (χ2n) is 6.25. The van der Waals surface area contributed by atoms with E-state index in [4.69, 9.17) is 9.15 Å². The number of morpholine rings is 1. The molecule has 1 saturated heterocycles. The van der Waals surface area contributed by atoms with Crippen LogP contribution in [0.25, 0.3) is 0 Å². The molecule has 2 aromatic heterocycles. The number of nitrogens with zero attached hydrogens (tertiary/aromatic N) is 5. The fourth-order valence-corrected chi connectivity index (χ4v) is 2.96. The predicted octanol–water partition coefficient (Wildman–Crippen LogP) is 1.59. The Labute approximate surface area is 134 Å². The highest BCUT2D eigenvalue weighted by molar-refractivity contribution is 4.98. The zero-order valence-corrected chi connectivity index (χ0v) is 13.4. The van der Waals surface area contributed by atoms with E-state index >= 15 is 0 Å².